The molecule has 5 nitrogen and oxygen atoms in total. The molecule has 1 amide bonds. The van der Waals surface area contributed by atoms with Crippen LogP contribution in [-0.2, 0) is 4.79 Å². The molecule has 0 aliphatic carbocycles. The fourth-order valence-corrected chi connectivity index (χ4v) is 2.64. The molecule has 1 aliphatic rings. The summed E-state index contributed by atoms with van der Waals surface area (Å²) in [6.45, 7) is 3.98. The second-order valence-corrected chi connectivity index (χ2v) is 5.27. The van der Waals surface area contributed by atoms with E-state index in [0.717, 1.165) is 36.5 Å². The van der Waals surface area contributed by atoms with Crippen LogP contribution in [-0.4, -0.2) is 44.6 Å². The van der Waals surface area contributed by atoms with Crippen molar-refractivity contribution in [1.82, 2.24) is 4.90 Å². The molecular weight excluding hydrogens is 254 g/mol. The van der Waals surface area contributed by atoms with Gasteiger partial charge in [-0.1, -0.05) is 6.07 Å². The summed E-state index contributed by atoms with van der Waals surface area (Å²) < 4.78 is 5.42. The molecule has 0 bridgehead atoms. The van der Waals surface area contributed by atoms with Gasteiger partial charge in [-0.05, 0) is 25.5 Å². The molecule has 110 valence electrons. The van der Waals surface area contributed by atoms with Crippen LogP contribution in [0.2, 0.25) is 0 Å². The molecule has 0 saturated carbocycles. The maximum Gasteiger partial charge on any atom is 0.241 e. The quantitative estimate of drug-likeness (QED) is 0.907. The van der Waals surface area contributed by atoms with Crippen LogP contribution in [0.4, 0.5) is 5.69 Å². The Morgan fingerprint density at radius 1 is 1.35 bits per heavy atom. The molecule has 1 saturated heterocycles. The molecule has 1 fully saturated rings. The summed E-state index contributed by atoms with van der Waals surface area (Å²) in [4.78, 5) is 15.9. The standard InChI is InChI=1S/C15H23N3O2/c1-11(16)15-12(6-4-7-13(15)20-3)18-9-5-8-17(2)14(19)10-18/h4,6-7,11H,5,8-10,16H2,1-3H3. The normalized spacial score (nSPS) is 17.9. The molecule has 2 rings (SSSR count). The minimum Gasteiger partial charge on any atom is -0.496 e. The van der Waals surface area contributed by atoms with Crippen LogP contribution in [0.25, 0.3) is 0 Å². The third kappa shape index (κ3) is 2.88. The Labute approximate surface area is 120 Å². The number of nitrogens with zero attached hydrogens (tertiary/aromatic N) is 2. The highest BCUT2D eigenvalue weighted by molar-refractivity contribution is 5.82. The van der Waals surface area contributed by atoms with Gasteiger partial charge in [-0.25, -0.2) is 0 Å². The fourth-order valence-electron chi connectivity index (χ4n) is 2.64. The van der Waals surface area contributed by atoms with E-state index in [0.29, 0.717) is 6.54 Å². The predicted octanol–water partition coefficient (Wildman–Crippen LogP) is 1.38. The number of amides is 1. The van der Waals surface area contributed by atoms with Crippen molar-refractivity contribution in [2.24, 2.45) is 5.73 Å². The minimum atomic E-state index is -0.141. The Hall–Kier alpha value is -1.75. The third-order valence-electron chi connectivity index (χ3n) is 3.73. The van der Waals surface area contributed by atoms with E-state index in [9.17, 15) is 4.79 Å². The molecule has 2 N–H and O–H groups in total. The van der Waals surface area contributed by atoms with Crippen molar-refractivity contribution in [2.45, 2.75) is 19.4 Å². The van der Waals surface area contributed by atoms with Crippen LogP contribution in [0.5, 0.6) is 5.75 Å². The Balaban J connectivity index is 2.38. The van der Waals surface area contributed by atoms with Gasteiger partial charge < -0.3 is 20.3 Å². The van der Waals surface area contributed by atoms with E-state index in [-0.39, 0.29) is 11.9 Å². The number of hydrogen-bond acceptors (Lipinski definition) is 4. The molecular formula is C15H23N3O2. The van der Waals surface area contributed by atoms with Crippen molar-refractivity contribution in [3.05, 3.63) is 23.8 Å². The number of carbonyl (C=O) groups is 1. The second-order valence-electron chi connectivity index (χ2n) is 5.27. The Kier molecular flexibility index (Phi) is 4.49. The molecule has 20 heavy (non-hydrogen) atoms. The van der Waals surface area contributed by atoms with E-state index in [1.807, 2.05) is 32.2 Å². The minimum absolute atomic E-state index is 0.140. The van der Waals surface area contributed by atoms with Gasteiger partial charge in [-0.3, -0.25) is 4.79 Å². The maximum atomic E-state index is 12.1. The molecule has 0 radical (unpaired) electrons. The molecule has 1 atom stereocenters. The lowest BCUT2D eigenvalue weighted by atomic mass is 10.0. The van der Waals surface area contributed by atoms with Crippen LogP contribution in [0.3, 0.4) is 0 Å². The molecule has 0 spiro atoms. The highest BCUT2D eigenvalue weighted by Crippen LogP contribution is 2.34. The number of nitrogens with two attached hydrogens (primary N) is 1. The van der Waals surface area contributed by atoms with Gasteiger partial charge in [-0.15, -0.1) is 0 Å². The average Bonchev–Trinajstić information content (AvgIpc) is 2.60. The van der Waals surface area contributed by atoms with Gasteiger partial charge in [0.05, 0.1) is 13.7 Å². The van der Waals surface area contributed by atoms with E-state index in [1.54, 1.807) is 12.0 Å². The van der Waals surface area contributed by atoms with Gasteiger partial charge in [0.2, 0.25) is 5.91 Å². The first-order valence-electron chi connectivity index (χ1n) is 6.96. The average molecular weight is 277 g/mol. The van der Waals surface area contributed by atoms with E-state index in [1.165, 1.54) is 0 Å². The van der Waals surface area contributed by atoms with Crippen LogP contribution < -0.4 is 15.4 Å². The number of hydrogen-bond donors (Lipinski definition) is 1. The predicted molar refractivity (Wildman–Crippen MR) is 80.1 cm³/mol. The summed E-state index contributed by atoms with van der Waals surface area (Å²) in [5, 5.41) is 0. The molecule has 1 unspecified atom stereocenters. The van der Waals surface area contributed by atoms with Crippen LogP contribution in [0.15, 0.2) is 18.2 Å². The highest BCUT2D eigenvalue weighted by atomic mass is 16.5. The molecule has 0 aromatic heterocycles. The van der Waals surface area contributed by atoms with Crippen molar-refractivity contribution in [3.63, 3.8) is 0 Å². The third-order valence-corrected chi connectivity index (χ3v) is 3.73. The van der Waals surface area contributed by atoms with Gasteiger partial charge in [-0.2, -0.15) is 0 Å². The number of carbonyl (C=O) groups excluding carboxylic acids is 1. The van der Waals surface area contributed by atoms with Crippen LogP contribution >= 0.6 is 0 Å². The summed E-state index contributed by atoms with van der Waals surface area (Å²) in [5.74, 6) is 0.920. The van der Waals surface area contributed by atoms with Gasteiger partial charge in [0.25, 0.3) is 0 Å². The first kappa shape index (κ1) is 14.7. The van der Waals surface area contributed by atoms with Crippen molar-refractivity contribution in [1.29, 1.82) is 0 Å². The van der Waals surface area contributed by atoms with Gasteiger partial charge >= 0.3 is 0 Å². The number of rotatable bonds is 3. The Bertz CT molecular complexity index is 488. The highest BCUT2D eigenvalue weighted by Gasteiger charge is 2.23. The largest absolute Gasteiger partial charge is 0.496 e. The monoisotopic (exact) mass is 277 g/mol. The molecule has 1 aromatic carbocycles. The second kappa shape index (κ2) is 6.13. The van der Waals surface area contributed by atoms with E-state index in [4.69, 9.17) is 10.5 Å². The summed E-state index contributed by atoms with van der Waals surface area (Å²) in [5.41, 5.74) is 8.06. The topological polar surface area (TPSA) is 58.8 Å². The van der Waals surface area contributed by atoms with Gasteiger partial charge in [0, 0.05) is 37.4 Å². The Morgan fingerprint density at radius 3 is 2.75 bits per heavy atom. The maximum absolute atomic E-state index is 12.1. The number of likely N-dealkylation sites (N-methyl/N-ethyl adjacent to an activating group) is 1. The lowest BCUT2D eigenvalue weighted by Crippen LogP contribution is -2.35. The summed E-state index contributed by atoms with van der Waals surface area (Å²) in [6.07, 6.45) is 0.956. The van der Waals surface area contributed by atoms with Crippen molar-refractivity contribution in [3.8, 4) is 5.75 Å². The van der Waals surface area contributed by atoms with Crippen LogP contribution in [0, 0.1) is 0 Å². The van der Waals surface area contributed by atoms with Gasteiger partial charge in [0.15, 0.2) is 0 Å². The number of methoxy groups -OCH3 is 1. The van der Waals surface area contributed by atoms with E-state index < -0.39 is 0 Å². The summed E-state index contributed by atoms with van der Waals surface area (Å²) >= 11 is 0. The SMILES string of the molecule is COc1cccc(N2CCCN(C)C(=O)C2)c1C(C)N. The Morgan fingerprint density at radius 2 is 2.10 bits per heavy atom. The summed E-state index contributed by atoms with van der Waals surface area (Å²) in [6, 6.07) is 5.73. The fraction of sp³-hybridized carbons (Fsp3) is 0.533. The first-order valence-corrected chi connectivity index (χ1v) is 6.96. The molecule has 1 heterocycles. The molecule has 5 heteroatoms. The summed E-state index contributed by atoms with van der Waals surface area (Å²) in [7, 11) is 3.50. The van der Waals surface area contributed by atoms with Crippen LogP contribution in [0.1, 0.15) is 24.9 Å². The van der Waals surface area contributed by atoms with E-state index in [2.05, 4.69) is 4.90 Å². The molecule has 1 aromatic rings. The number of ether oxygens (including phenoxy) is 1. The number of anilines is 1. The van der Waals surface area contributed by atoms with Crippen molar-refractivity contribution < 1.29 is 9.53 Å². The lowest BCUT2D eigenvalue weighted by molar-refractivity contribution is -0.127. The molecule has 1 aliphatic heterocycles. The van der Waals surface area contributed by atoms with E-state index >= 15 is 0 Å². The zero-order valence-electron chi connectivity index (χ0n) is 12.4. The van der Waals surface area contributed by atoms with Gasteiger partial charge in [0.1, 0.15) is 5.75 Å². The lowest BCUT2D eigenvalue weighted by Gasteiger charge is -2.27. The first-order chi connectivity index (χ1) is 9.54. The zero-order chi connectivity index (χ0) is 14.7. The van der Waals surface area contributed by atoms with Crippen molar-refractivity contribution >= 4 is 11.6 Å². The number of benzene rings is 1. The zero-order valence-corrected chi connectivity index (χ0v) is 12.4. The smallest absolute Gasteiger partial charge is 0.241 e. The van der Waals surface area contributed by atoms with Crippen molar-refractivity contribution in [2.75, 3.05) is 38.7 Å².